The average Bonchev–Trinajstić information content (AvgIpc) is 2.85. The van der Waals surface area contributed by atoms with E-state index in [2.05, 4.69) is 41.6 Å². The number of nitrogens with one attached hydrogen (secondary N) is 2. The van der Waals surface area contributed by atoms with Crippen molar-refractivity contribution in [1.82, 2.24) is 14.9 Å². The fourth-order valence-electron chi connectivity index (χ4n) is 1.62. The second-order valence-electron chi connectivity index (χ2n) is 3.88. The van der Waals surface area contributed by atoms with Crippen LogP contribution in [0.4, 0.5) is 0 Å². The molecule has 0 radical (unpaired) electrons. The topological polar surface area (TPSA) is 45.6 Å². The number of H-pyrrole nitrogens is 1. The first-order chi connectivity index (χ1) is 8.20. The highest BCUT2D eigenvalue weighted by Crippen LogP contribution is 2.15. The van der Waals surface area contributed by atoms with E-state index < -0.39 is 0 Å². The van der Waals surface area contributed by atoms with Crippen molar-refractivity contribution in [2.75, 3.05) is 5.43 Å². The first kappa shape index (κ1) is 12.3. The Morgan fingerprint density at radius 2 is 2.35 bits per heavy atom. The summed E-state index contributed by atoms with van der Waals surface area (Å²) >= 11 is 6.99. The Hall–Kier alpha value is -1.14. The lowest BCUT2D eigenvalue weighted by Gasteiger charge is -2.08. The molecule has 2 aromatic rings. The number of hydrogen-bond acceptors (Lipinski definition) is 4. The molecule has 0 unspecified atom stereocenters. The summed E-state index contributed by atoms with van der Waals surface area (Å²) in [5.74, 6) is 0.964. The number of aromatic amines is 1. The van der Waals surface area contributed by atoms with Crippen LogP contribution in [0.25, 0.3) is 0 Å². The number of aromatic nitrogens is 3. The molecular weight excluding hydrogens is 252 g/mol. The van der Waals surface area contributed by atoms with Crippen LogP contribution in [0.3, 0.4) is 0 Å². The van der Waals surface area contributed by atoms with Crippen molar-refractivity contribution in [3.05, 3.63) is 32.5 Å². The van der Waals surface area contributed by atoms with Crippen molar-refractivity contribution in [3.8, 4) is 0 Å². The Kier molecular flexibility index (Phi) is 3.96. The van der Waals surface area contributed by atoms with E-state index in [9.17, 15) is 0 Å². The molecular formula is C11H16N4S2. The number of thiophene rings is 1. The predicted octanol–water partition coefficient (Wildman–Crippen LogP) is 3.01. The lowest BCUT2D eigenvalue weighted by atomic mass is 10.3. The van der Waals surface area contributed by atoms with E-state index >= 15 is 0 Å². The summed E-state index contributed by atoms with van der Waals surface area (Å²) in [6.07, 6.45) is 1.98. The quantitative estimate of drug-likeness (QED) is 0.819. The molecule has 2 N–H and O–H groups in total. The standard InChI is InChI=1S/C11H16N4S2/c1-3-4-10-13-14-11(16)15(10)12-7-9-6-5-8(2)17-9/h5-6,12H,3-4,7H2,1-2H3,(H,14,16). The van der Waals surface area contributed by atoms with E-state index in [-0.39, 0.29) is 0 Å². The van der Waals surface area contributed by atoms with Gasteiger partial charge in [0, 0.05) is 16.2 Å². The summed E-state index contributed by atoms with van der Waals surface area (Å²) < 4.78 is 2.50. The highest BCUT2D eigenvalue weighted by molar-refractivity contribution is 7.71. The van der Waals surface area contributed by atoms with E-state index in [1.165, 1.54) is 9.75 Å². The van der Waals surface area contributed by atoms with Crippen LogP contribution in [0.2, 0.25) is 0 Å². The number of hydrogen-bond donors (Lipinski definition) is 2. The molecule has 0 aliphatic carbocycles. The predicted molar refractivity (Wildman–Crippen MR) is 73.5 cm³/mol. The molecule has 2 rings (SSSR count). The molecule has 92 valence electrons. The van der Waals surface area contributed by atoms with Gasteiger partial charge in [-0.05, 0) is 37.7 Å². The number of aryl methyl sites for hydroxylation is 2. The zero-order valence-corrected chi connectivity index (χ0v) is 11.6. The molecule has 2 aromatic heterocycles. The van der Waals surface area contributed by atoms with Crippen LogP contribution in [0.1, 0.15) is 28.9 Å². The maximum absolute atomic E-state index is 5.19. The van der Waals surface area contributed by atoms with E-state index in [1.807, 2.05) is 4.68 Å². The highest BCUT2D eigenvalue weighted by Gasteiger charge is 2.05. The summed E-state index contributed by atoms with van der Waals surface area (Å²) in [6, 6.07) is 4.26. The second-order valence-corrected chi connectivity index (χ2v) is 5.64. The molecule has 4 nitrogen and oxygen atoms in total. The smallest absolute Gasteiger partial charge is 0.214 e. The zero-order chi connectivity index (χ0) is 12.3. The van der Waals surface area contributed by atoms with Gasteiger partial charge in [-0.25, -0.2) is 4.68 Å². The third-order valence-corrected chi connectivity index (χ3v) is 3.70. The van der Waals surface area contributed by atoms with E-state index in [4.69, 9.17) is 12.2 Å². The minimum atomic E-state index is 0.627. The summed E-state index contributed by atoms with van der Waals surface area (Å²) in [6.45, 7) is 5.02. The van der Waals surface area contributed by atoms with Crippen molar-refractivity contribution >= 4 is 23.6 Å². The summed E-state index contributed by atoms with van der Waals surface area (Å²) in [5, 5.41) is 7.03. The van der Waals surface area contributed by atoms with Gasteiger partial charge in [-0.2, -0.15) is 5.10 Å². The Morgan fingerprint density at radius 3 is 3.00 bits per heavy atom. The molecule has 0 amide bonds. The molecule has 0 aromatic carbocycles. The second kappa shape index (κ2) is 5.46. The molecule has 0 spiro atoms. The maximum Gasteiger partial charge on any atom is 0.214 e. The van der Waals surface area contributed by atoms with E-state index in [0.29, 0.717) is 4.77 Å². The van der Waals surface area contributed by atoms with Gasteiger partial charge in [-0.1, -0.05) is 6.92 Å². The van der Waals surface area contributed by atoms with Crippen LogP contribution < -0.4 is 5.43 Å². The Balaban J connectivity index is 2.08. The Morgan fingerprint density at radius 1 is 1.53 bits per heavy atom. The first-order valence-electron chi connectivity index (χ1n) is 5.66. The van der Waals surface area contributed by atoms with Crippen molar-refractivity contribution in [2.45, 2.75) is 33.2 Å². The van der Waals surface area contributed by atoms with Gasteiger partial charge in [-0.15, -0.1) is 11.3 Å². The van der Waals surface area contributed by atoms with Gasteiger partial charge in [0.1, 0.15) is 0 Å². The van der Waals surface area contributed by atoms with Gasteiger partial charge in [0.2, 0.25) is 4.77 Å². The molecule has 17 heavy (non-hydrogen) atoms. The monoisotopic (exact) mass is 268 g/mol. The van der Waals surface area contributed by atoms with Gasteiger partial charge < -0.3 is 5.43 Å². The van der Waals surface area contributed by atoms with E-state index in [0.717, 1.165) is 25.2 Å². The van der Waals surface area contributed by atoms with Crippen molar-refractivity contribution in [1.29, 1.82) is 0 Å². The third-order valence-electron chi connectivity index (χ3n) is 2.42. The molecule has 2 heterocycles. The summed E-state index contributed by atoms with van der Waals surface area (Å²) in [4.78, 5) is 2.62. The van der Waals surface area contributed by atoms with E-state index in [1.54, 1.807) is 11.3 Å². The fourth-order valence-corrected chi connectivity index (χ4v) is 2.66. The van der Waals surface area contributed by atoms with Gasteiger partial charge >= 0.3 is 0 Å². The normalized spacial score (nSPS) is 10.7. The minimum absolute atomic E-state index is 0.627. The van der Waals surface area contributed by atoms with Crippen LogP contribution in [0.5, 0.6) is 0 Å². The molecule has 0 aliphatic heterocycles. The van der Waals surface area contributed by atoms with Crippen molar-refractivity contribution in [2.24, 2.45) is 0 Å². The maximum atomic E-state index is 5.19. The first-order valence-corrected chi connectivity index (χ1v) is 6.88. The highest BCUT2D eigenvalue weighted by atomic mass is 32.1. The lowest BCUT2D eigenvalue weighted by molar-refractivity contribution is 0.734. The van der Waals surface area contributed by atoms with Gasteiger partial charge in [0.05, 0.1) is 6.54 Å². The molecule has 0 atom stereocenters. The number of nitrogens with zero attached hydrogens (tertiary/aromatic N) is 2. The van der Waals surface area contributed by atoms with Gasteiger partial charge in [0.15, 0.2) is 5.82 Å². The van der Waals surface area contributed by atoms with Crippen molar-refractivity contribution < 1.29 is 0 Å². The molecule has 0 saturated carbocycles. The molecule has 0 saturated heterocycles. The number of rotatable bonds is 5. The Bertz CT molecular complexity index is 538. The minimum Gasteiger partial charge on any atom is -0.317 e. The van der Waals surface area contributed by atoms with Gasteiger partial charge in [0.25, 0.3) is 0 Å². The van der Waals surface area contributed by atoms with Crippen LogP contribution in [0.15, 0.2) is 12.1 Å². The van der Waals surface area contributed by atoms with Crippen LogP contribution in [-0.2, 0) is 13.0 Å². The molecule has 0 fully saturated rings. The Labute approximate surface area is 110 Å². The van der Waals surface area contributed by atoms with Crippen molar-refractivity contribution in [3.63, 3.8) is 0 Å². The summed E-state index contributed by atoms with van der Waals surface area (Å²) in [7, 11) is 0. The van der Waals surface area contributed by atoms with Gasteiger partial charge in [-0.3, -0.25) is 5.10 Å². The molecule has 6 heteroatoms. The third kappa shape index (κ3) is 2.95. The van der Waals surface area contributed by atoms with Crippen LogP contribution in [0, 0.1) is 11.7 Å². The lowest BCUT2D eigenvalue weighted by Crippen LogP contribution is -2.17. The fraction of sp³-hybridized carbons (Fsp3) is 0.455. The zero-order valence-electron chi connectivity index (χ0n) is 9.99. The average molecular weight is 268 g/mol. The van der Waals surface area contributed by atoms with Crippen LogP contribution >= 0.6 is 23.6 Å². The van der Waals surface area contributed by atoms with Crippen LogP contribution in [-0.4, -0.2) is 14.9 Å². The molecule has 0 aliphatic rings. The SMILES string of the molecule is CCCc1n[nH]c(=S)n1NCc1ccc(C)s1. The molecule has 0 bridgehead atoms. The summed E-state index contributed by atoms with van der Waals surface area (Å²) in [5.41, 5.74) is 3.31. The largest absolute Gasteiger partial charge is 0.317 e.